The van der Waals surface area contributed by atoms with Crippen LogP contribution in [0.2, 0.25) is 5.02 Å². The van der Waals surface area contributed by atoms with Crippen molar-refractivity contribution in [1.82, 2.24) is 9.78 Å². The van der Waals surface area contributed by atoms with Gasteiger partial charge in [0.25, 0.3) is 17.2 Å². The van der Waals surface area contributed by atoms with E-state index < -0.39 is 22.1 Å². The lowest BCUT2D eigenvalue weighted by Gasteiger charge is -1.99. The number of aromatic nitrogens is 2. The number of carbonyl (C=O) groups excluding carboxylic acids is 1. The van der Waals surface area contributed by atoms with Crippen molar-refractivity contribution in [2.75, 3.05) is 0 Å². The Bertz CT molecular complexity index is 1120. The smallest absolute Gasteiger partial charge is 0.299 e. The third kappa shape index (κ3) is 3.60. The molecule has 0 unspecified atom stereocenters. The molecule has 0 aliphatic heterocycles. The van der Waals surface area contributed by atoms with Crippen molar-refractivity contribution in [2.45, 2.75) is 0 Å². The van der Waals surface area contributed by atoms with Crippen LogP contribution in [0, 0.1) is 10.1 Å². The zero-order valence-corrected chi connectivity index (χ0v) is 14.3. The number of rotatable bonds is 5. The number of halogens is 1. The van der Waals surface area contributed by atoms with Gasteiger partial charge in [0.1, 0.15) is 0 Å². The third-order valence-corrected chi connectivity index (χ3v) is 3.75. The second-order valence-corrected chi connectivity index (χ2v) is 5.70. The average Bonchev–Trinajstić information content (AvgIpc) is 2.98. The fourth-order valence-corrected chi connectivity index (χ4v) is 2.45. The summed E-state index contributed by atoms with van der Waals surface area (Å²) < 4.78 is 1.07. The molecule has 3 rings (SSSR count). The third-order valence-electron chi connectivity index (χ3n) is 3.52. The van der Waals surface area contributed by atoms with Gasteiger partial charge in [-0.3, -0.25) is 24.8 Å². The van der Waals surface area contributed by atoms with Gasteiger partial charge in [-0.15, -0.1) is 10.2 Å². The number of primary amides is 1. The number of H-pyrrole nitrogens is 1. The van der Waals surface area contributed by atoms with Gasteiger partial charge in [0, 0.05) is 11.1 Å². The van der Waals surface area contributed by atoms with E-state index in [1.807, 2.05) is 0 Å². The minimum atomic E-state index is -0.929. The maximum Gasteiger partial charge on any atom is 0.299 e. The normalized spacial score (nSPS) is 11.0. The highest BCUT2D eigenvalue weighted by Crippen LogP contribution is 2.31. The first-order valence-electron chi connectivity index (χ1n) is 7.44. The topological polar surface area (TPSA) is 149 Å². The first-order valence-corrected chi connectivity index (χ1v) is 7.82. The highest BCUT2D eigenvalue weighted by atomic mass is 35.5. The van der Waals surface area contributed by atoms with E-state index in [0.29, 0.717) is 5.69 Å². The summed E-state index contributed by atoms with van der Waals surface area (Å²) >= 11 is 5.74. The number of hydrogen-bond donors (Lipinski definition) is 2. The van der Waals surface area contributed by atoms with Crippen LogP contribution in [0.25, 0.3) is 5.69 Å². The van der Waals surface area contributed by atoms with E-state index in [0.717, 1.165) is 10.7 Å². The second-order valence-electron chi connectivity index (χ2n) is 5.27. The summed E-state index contributed by atoms with van der Waals surface area (Å²) in [5.74, 6) is -0.929. The van der Waals surface area contributed by atoms with Gasteiger partial charge in [0.2, 0.25) is 0 Å². The summed E-state index contributed by atoms with van der Waals surface area (Å²) in [6.07, 6.45) is 0. The van der Waals surface area contributed by atoms with Crippen LogP contribution < -0.4 is 11.3 Å². The average molecular weight is 387 g/mol. The highest BCUT2D eigenvalue weighted by molar-refractivity contribution is 6.30. The predicted octanol–water partition coefficient (Wildman–Crippen LogP) is 3.24. The van der Waals surface area contributed by atoms with Crippen molar-refractivity contribution in [3.8, 4) is 5.69 Å². The number of aromatic amines is 1. The predicted molar refractivity (Wildman–Crippen MR) is 97.2 cm³/mol. The summed E-state index contributed by atoms with van der Waals surface area (Å²) in [6.45, 7) is 0. The molecule has 2 aromatic carbocycles. The van der Waals surface area contributed by atoms with Crippen molar-refractivity contribution >= 4 is 34.6 Å². The Balaban J connectivity index is 2.12. The SMILES string of the molecule is NC(=O)c1[nH]n(-c2ccccc2)c(=O)c1N=Nc1ccc(Cl)cc1[N+](=O)[O-]. The monoisotopic (exact) mass is 386 g/mol. The molecule has 0 atom stereocenters. The molecule has 1 heterocycles. The van der Waals surface area contributed by atoms with Crippen molar-refractivity contribution < 1.29 is 9.72 Å². The molecule has 0 saturated heterocycles. The number of amides is 1. The Morgan fingerprint density at radius 2 is 1.89 bits per heavy atom. The lowest BCUT2D eigenvalue weighted by atomic mass is 10.3. The van der Waals surface area contributed by atoms with Crippen LogP contribution in [-0.2, 0) is 0 Å². The number of nitrogens with zero attached hydrogens (tertiary/aromatic N) is 4. The summed E-state index contributed by atoms with van der Waals surface area (Å²) in [7, 11) is 0. The Labute approximate surface area is 156 Å². The van der Waals surface area contributed by atoms with Gasteiger partial charge in [-0.2, -0.15) is 0 Å². The van der Waals surface area contributed by atoms with Crippen LogP contribution in [0.5, 0.6) is 0 Å². The molecule has 0 fully saturated rings. The van der Waals surface area contributed by atoms with Crippen molar-refractivity contribution in [2.24, 2.45) is 16.0 Å². The maximum absolute atomic E-state index is 12.6. The van der Waals surface area contributed by atoms with E-state index in [-0.39, 0.29) is 22.1 Å². The van der Waals surface area contributed by atoms with Crippen LogP contribution in [-0.4, -0.2) is 20.6 Å². The first kappa shape index (κ1) is 18.0. The molecule has 0 bridgehead atoms. The van der Waals surface area contributed by atoms with E-state index in [1.54, 1.807) is 30.3 Å². The van der Waals surface area contributed by atoms with Crippen LogP contribution in [0.15, 0.2) is 63.6 Å². The summed E-state index contributed by atoms with van der Waals surface area (Å²) in [5.41, 5.74) is 3.89. The molecule has 0 aliphatic rings. The molecule has 0 spiro atoms. The Hall–Kier alpha value is -3.79. The van der Waals surface area contributed by atoms with Crippen LogP contribution in [0.3, 0.4) is 0 Å². The van der Waals surface area contributed by atoms with E-state index in [9.17, 15) is 19.7 Å². The number of benzene rings is 2. The number of hydrogen-bond acceptors (Lipinski definition) is 6. The van der Waals surface area contributed by atoms with Crippen LogP contribution >= 0.6 is 11.6 Å². The van der Waals surface area contributed by atoms with Crippen LogP contribution in [0.4, 0.5) is 17.1 Å². The number of azo groups is 1. The first-order chi connectivity index (χ1) is 12.9. The molecule has 3 aromatic rings. The summed E-state index contributed by atoms with van der Waals surface area (Å²) in [6, 6.07) is 12.2. The number of nitro benzene ring substituents is 1. The van der Waals surface area contributed by atoms with Crippen LogP contribution in [0.1, 0.15) is 10.5 Å². The fraction of sp³-hybridized carbons (Fsp3) is 0. The number of carbonyl (C=O) groups is 1. The molecule has 27 heavy (non-hydrogen) atoms. The zero-order chi connectivity index (χ0) is 19.6. The maximum atomic E-state index is 12.6. The molecule has 10 nitrogen and oxygen atoms in total. The van der Waals surface area contributed by atoms with Gasteiger partial charge in [-0.1, -0.05) is 29.8 Å². The van der Waals surface area contributed by atoms with E-state index >= 15 is 0 Å². The quantitative estimate of drug-likeness (QED) is 0.393. The second kappa shape index (κ2) is 7.22. The summed E-state index contributed by atoms with van der Waals surface area (Å²) in [5, 5.41) is 21.3. The van der Waals surface area contributed by atoms with Gasteiger partial charge in [-0.05, 0) is 24.3 Å². The summed E-state index contributed by atoms with van der Waals surface area (Å²) in [4.78, 5) is 34.7. The molecular formula is C16H11ClN6O4. The molecular weight excluding hydrogens is 376 g/mol. The molecule has 1 aromatic heterocycles. The number of nitrogens with two attached hydrogens (primary N) is 1. The van der Waals surface area contributed by atoms with Gasteiger partial charge >= 0.3 is 0 Å². The lowest BCUT2D eigenvalue weighted by Crippen LogP contribution is -2.14. The Morgan fingerprint density at radius 1 is 1.19 bits per heavy atom. The van der Waals surface area contributed by atoms with Gasteiger partial charge in [0.05, 0.1) is 10.6 Å². The number of para-hydroxylation sites is 1. The minimum absolute atomic E-state index is 0.133. The molecule has 136 valence electrons. The number of nitrogens with one attached hydrogen (secondary N) is 1. The Morgan fingerprint density at radius 3 is 2.52 bits per heavy atom. The standard InChI is InChI=1S/C16H11ClN6O4/c17-9-6-7-11(12(8-9)23(26)27)19-20-14-13(15(18)24)21-22(16(14)25)10-4-2-1-3-5-10/h1-8,21H,(H2,18,24). The van der Waals surface area contributed by atoms with Crippen molar-refractivity contribution in [3.63, 3.8) is 0 Å². The highest BCUT2D eigenvalue weighted by Gasteiger charge is 2.20. The molecule has 1 amide bonds. The van der Waals surface area contributed by atoms with Crippen molar-refractivity contribution in [1.29, 1.82) is 0 Å². The molecule has 0 radical (unpaired) electrons. The van der Waals surface area contributed by atoms with Gasteiger partial charge in [0.15, 0.2) is 17.1 Å². The van der Waals surface area contributed by atoms with E-state index in [1.165, 1.54) is 12.1 Å². The van der Waals surface area contributed by atoms with E-state index in [4.69, 9.17) is 17.3 Å². The molecule has 3 N–H and O–H groups in total. The molecule has 0 aliphatic carbocycles. The lowest BCUT2D eigenvalue weighted by molar-refractivity contribution is -0.384. The van der Waals surface area contributed by atoms with E-state index in [2.05, 4.69) is 15.3 Å². The number of nitro groups is 1. The molecule has 11 heteroatoms. The van der Waals surface area contributed by atoms with Gasteiger partial charge in [-0.25, -0.2) is 4.68 Å². The Kier molecular flexibility index (Phi) is 4.81. The molecule has 0 saturated carbocycles. The minimum Gasteiger partial charge on any atom is -0.364 e. The largest absolute Gasteiger partial charge is 0.364 e. The van der Waals surface area contributed by atoms with Gasteiger partial charge < -0.3 is 5.73 Å². The van der Waals surface area contributed by atoms with Crippen molar-refractivity contribution in [3.05, 3.63) is 79.7 Å². The zero-order valence-electron chi connectivity index (χ0n) is 13.5. The fourth-order valence-electron chi connectivity index (χ4n) is 2.28.